The number of rotatable bonds is 10. The molecule has 2 heteroatoms. The van der Waals surface area contributed by atoms with Crippen LogP contribution in [0.2, 0.25) is 0 Å². The fraction of sp³-hybridized carbons (Fsp3) is 0.875. The van der Waals surface area contributed by atoms with E-state index in [0.717, 1.165) is 26.1 Å². The molecule has 2 nitrogen and oxygen atoms in total. The Morgan fingerprint density at radius 3 is 2.50 bits per heavy atom. The molecule has 0 bridgehead atoms. The van der Waals surface area contributed by atoms with Crippen LogP contribution in [0.4, 0.5) is 0 Å². The Labute approximate surface area is 113 Å². The van der Waals surface area contributed by atoms with Crippen molar-refractivity contribution in [1.82, 2.24) is 0 Å². The van der Waals surface area contributed by atoms with Gasteiger partial charge >= 0.3 is 0 Å². The van der Waals surface area contributed by atoms with Gasteiger partial charge in [-0.15, -0.1) is 0 Å². The third-order valence-electron chi connectivity index (χ3n) is 3.35. The summed E-state index contributed by atoms with van der Waals surface area (Å²) < 4.78 is 11.2. The van der Waals surface area contributed by atoms with E-state index in [-0.39, 0.29) is 6.29 Å². The maximum absolute atomic E-state index is 5.70. The summed E-state index contributed by atoms with van der Waals surface area (Å²) in [5, 5.41) is 0. The van der Waals surface area contributed by atoms with E-state index in [4.69, 9.17) is 9.47 Å². The number of hydrogen-bond acceptors (Lipinski definition) is 2. The minimum Gasteiger partial charge on any atom is -0.353 e. The Hall–Kier alpha value is -0.340. The lowest BCUT2D eigenvalue weighted by Gasteiger charge is -2.22. The van der Waals surface area contributed by atoms with E-state index in [0.29, 0.717) is 0 Å². The van der Waals surface area contributed by atoms with Gasteiger partial charge in [-0.2, -0.15) is 0 Å². The van der Waals surface area contributed by atoms with Crippen LogP contribution in [-0.4, -0.2) is 19.5 Å². The highest BCUT2D eigenvalue weighted by Gasteiger charge is 2.12. The zero-order chi connectivity index (χ0) is 12.9. The van der Waals surface area contributed by atoms with E-state index in [9.17, 15) is 0 Å². The number of hydrogen-bond donors (Lipinski definition) is 0. The summed E-state index contributed by atoms with van der Waals surface area (Å²) in [6.07, 6.45) is 17.1. The molecule has 0 amide bonds. The smallest absolute Gasteiger partial charge is 0.157 e. The van der Waals surface area contributed by atoms with Crippen LogP contribution in [0.1, 0.15) is 71.1 Å². The molecule has 0 aliphatic carbocycles. The van der Waals surface area contributed by atoms with E-state index in [2.05, 4.69) is 19.1 Å². The normalized spacial score (nSPS) is 20.6. The molecule has 0 saturated carbocycles. The van der Waals surface area contributed by atoms with Gasteiger partial charge < -0.3 is 9.47 Å². The summed E-state index contributed by atoms with van der Waals surface area (Å²) in [6.45, 7) is 3.99. The summed E-state index contributed by atoms with van der Waals surface area (Å²) in [5.74, 6) is 0. The Morgan fingerprint density at radius 1 is 1.06 bits per heavy atom. The minimum absolute atomic E-state index is 0.0864. The summed E-state index contributed by atoms with van der Waals surface area (Å²) in [5.41, 5.74) is 0. The van der Waals surface area contributed by atoms with E-state index in [1.165, 1.54) is 51.4 Å². The maximum atomic E-state index is 5.70. The quantitative estimate of drug-likeness (QED) is 0.410. The van der Waals surface area contributed by atoms with Crippen molar-refractivity contribution in [1.29, 1.82) is 0 Å². The van der Waals surface area contributed by atoms with Gasteiger partial charge in [-0.1, -0.05) is 31.9 Å². The van der Waals surface area contributed by atoms with Crippen molar-refractivity contribution in [2.45, 2.75) is 77.4 Å². The SMILES string of the molecule is CCCCC/C=C\CCCCOC1CCCCO1. The van der Waals surface area contributed by atoms with E-state index in [1.54, 1.807) is 0 Å². The first-order chi connectivity index (χ1) is 8.93. The van der Waals surface area contributed by atoms with Crippen LogP contribution < -0.4 is 0 Å². The van der Waals surface area contributed by atoms with Crippen LogP contribution in [0.15, 0.2) is 12.2 Å². The molecule has 0 spiro atoms. The lowest BCUT2D eigenvalue weighted by Crippen LogP contribution is -2.22. The molecule has 1 atom stereocenters. The van der Waals surface area contributed by atoms with Crippen LogP contribution >= 0.6 is 0 Å². The van der Waals surface area contributed by atoms with Gasteiger partial charge in [-0.05, 0) is 51.4 Å². The molecule has 0 radical (unpaired) electrons. The Bertz CT molecular complexity index is 195. The molecule has 1 fully saturated rings. The van der Waals surface area contributed by atoms with Crippen molar-refractivity contribution in [2.75, 3.05) is 13.2 Å². The van der Waals surface area contributed by atoms with Crippen molar-refractivity contribution in [3.63, 3.8) is 0 Å². The summed E-state index contributed by atoms with van der Waals surface area (Å²) in [4.78, 5) is 0. The van der Waals surface area contributed by atoms with Gasteiger partial charge in [0, 0.05) is 13.2 Å². The van der Waals surface area contributed by atoms with Crippen LogP contribution in [0.3, 0.4) is 0 Å². The zero-order valence-electron chi connectivity index (χ0n) is 12.0. The van der Waals surface area contributed by atoms with E-state index < -0.39 is 0 Å². The first-order valence-electron chi connectivity index (χ1n) is 7.81. The largest absolute Gasteiger partial charge is 0.353 e. The summed E-state index contributed by atoms with van der Waals surface area (Å²) in [7, 11) is 0. The highest BCUT2D eigenvalue weighted by atomic mass is 16.7. The number of ether oxygens (including phenoxy) is 2. The van der Waals surface area contributed by atoms with Gasteiger partial charge in [0.25, 0.3) is 0 Å². The standard InChI is InChI=1S/C16H30O2/c1-2-3-4-5-6-7-8-9-11-14-17-16-13-10-12-15-18-16/h6-7,16H,2-5,8-15H2,1H3/b7-6-. The van der Waals surface area contributed by atoms with Gasteiger partial charge in [0.1, 0.15) is 0 Å². The first kappa shape index (κ1) is 15.7. The molecule has 1 rings (SSSR count). The van der Waals surface area contributed by atoms with Crippen molar-refractivity contribution < 1.29 is 9.47 Å². The molecule has 1 unspecified atom stereocenters. The first-order valence-corrected chi connectivity index (χ1v) is 7.81. The van der Waals surface area contributed by atoms with Crippen molar-refractivity contribution in [3.8, 4) is 0 Å². The predicted molar refractivity (Wildman–Crippen MR) is 76.7 cm³/mol. The lowest BCUT2D eigenvalue weighted by atomic mass is 10.1. The molecule has 106 valence electrons. The number of unbranched alkanes of at least 4 members (excludes halogenated alkanes) is 5. The fourth-order valence-corrected chi connectivity index (χ4v) is 2.17. The molecule has 1 saturated heterocycles. The molecule has 1 aliphatic rings. The molecule has 0 aromatic rings. The van der Waals surface area contributed by atoms with Gasteiger partial charge in [-0.3, -0.25) is 0 Å². The molecule has 0 aromatic heterocycles. The fourth-order valence-electron chi connectivity index (χ4n) is 2.17. The summed E-state index contributed by atoms with van der Waals surface area (Å²) in [6, 6.07) is 0. The molecule has 1 aliphatic heterocycles. The van der Waals surface area contributed by atoms with Crippen LogP contribution in [0.5, 0.6) is 0 Å². The molecule has 0 aromatic carbocycles. The van der Waals surface area contributed by atoms with Crippen molar-refractivity contribution >= 4 is 0 Å². The molecule has 18 heavy (non-hydrogen) atoms. The second-order valence-electron chi connectivity index (χ2n) is 5.13. The Morgan fingerprint density at radius 2 is 1.83 bits per heavy atom. The maximum Gasteiger partial charge on any atom is 0.157 e. The monoisotopic (exact) mass is 254 g/mol. The number of allylic oxidation sites excluding steroid dienone is 2. The highest BCUT2D eigenvalue weighted by Crippen LogP contribution is 2.14. The average molecular weight is 254 g/mol. The highest BCUT2D eigenvalue weighted by molar-refractivity contribution is 4.81. The predicted octanol–water partition coefficient (Wildman–Crippen LogP) is 4.84. The third kappa shape index (κ3) is 8.71. The molecule has 1 heterocycles. The lowest BCUT2D eigenvalue weighted by molar-refractivity contribution is -0.162. The van der Waals surface area contributed by atoms with Gasteiger partial charge in [-0.25, -0.2) is 0 Å². The third-order valence-corrected chi connectivity index (χ3v) is 3.35. The van der Waals surface area contributed by atoms with Gasteiger partial charge in [0.15, 0.2) is 6.29 Å². The zero-order valence-corrected chi connectivity index (χ0v) is 12.0. The molecule has 0 N–H and O–H groups in total. The van der Waals surface area contributed by atoms with Crippen LogP contribution in [0, 0.1) is 0 Å². The molecular formula is C16H30O2. The van der Waals surface area contributed by atoms with Gasteiger partial charge in [0.2, 0.25) is 0 Å². The minimum atomic E-state index is 0.0864. The summed E-state index contributed by atoms with van der Waals surface area (Å²) >= 11 is 0. The second-order valence-corrected chi connectivity index (χ2v) is 5.13. The van der Waals surface area contributed by atoms with E-state index in [1.807, 2.05) is 0 Å². The van der Waals surface area contributed by atoms with Crippen molar-refractivity contribution in [3.05, 3.63) is 12.2 Å². The van der Waals surface area contributed by atoms with Crippen molar-refractivity contribution in [2.24, 2.45) is 0 Å². The molecular weight excluding hydrogens is 224 g/mol. The van der Waals surface area contributed by atoms with E-state index >= 15 is 0 Å². The van der Waals surface area contributed by atoms with Gasteiger partial charge in [0.05, 0.1) is 0 Å². The average Bonchev–Trinajstić information content (AvgIpc) is 2.42. The van der Waals surface area contributed by atoms with Crippen LogP contribution in [0.25, 0.3) is 0 Å². The Kier molecular flexibility index (Phi) is 10.2. The Balaban J connectivity index is 1.80. The topological polar surface area (TPSA) is 18.5 Å². The van der Waals surface area contributed by atoms with Crippen LogP contribution in [-0.2, 0) is 9.47 Å². The second kappa shape index (κ2) is 11.7.